The lowest BCUT2D eigenvalue weighted by atomic mass is 10.0. The second-order valence-electron chi connectivity index (χ2n) is 7.78. The molecule has 1 heterocycles. The predicted molar refractivity (Wildman–Crippen MR) is 117 cm³/mol. The van der Waals surface area contributed by atoms with Gasteiger partial charge in [0.05, 0.1) is 11.5 Å². The molecule has 0 radical (unpaired) electrons. The van der Waals surface area contributed by atoms with Crippen molar-refractivity contribution in [2.24, 2.45) is 0 Å². The van der Waals surface area contributed by atoms with E-state index in [4.69, 9.17) is 0 Å². The minimum atomic E-state index is -4.59. The summed E-state index contributed by atoms with van der Waals surface area (Å²) in [7, 11) is 0. The Bertz CT molecular complexity index is 1020. The molecule has 2 N–H and O–H groups in total. The fourth-order valence-electron chi connectivity index (χ4n) is 3.53. The molecule has 34 heavy (non-hydrogen) atoms. The number of benzene rings is 2. The third kappa shape index (κ3) is 7.44. The van der Waals surface area contributed by atoms with Gasteiger partial charge in [0.25, 0.3) is 11.6 Å². The predicted octanol–water partition coefficient (Wildman–Crippen LogP) is 3.37. The molecule has 0 bridgehead atoms. The Hall–Kier alpha value is -3.67. The van der Waals surface area contributed by atoms with E-state index in [0.717, 1.165) is 18.2 Å². The van der Waals surface area contributed by atoms with Crippen molar-refractivity contribution < 1.29 is 32.4 Å². The third-order valence-corrected chi connectivity index (χ3v) is 5.16. The van der Waals surface area contributed by atoms with E-state index in [1.54, 1.807) is 12.1 Å². The molecule has 1 aliphatic heterocycles. The molecule has 9 nitrogen and oxygen atoms in total. The number of hydrogen-bond donors (Lipinski definition) is 2. The smallest absolute Gasteiger partial charge is 0.422 e. The highest BCUT2D eigenvalue weighted by Gasteiger charge is 2.30. The van der Waals surface area contributed by atoms with Gasteiger partial charge in [-0.3, -0.25) is 24.6 Å². The van der Waals surface area contributed by atoms with Gasteiger partial charge in [0.2, 0.25) is 5.91 Å². The normalized spacial score (nSPS) is 14.9. The van der Waals surface area contributed by atoms with E-state index in [9.17, 15) is 32.9 Å². The van der Waals surface area contributed by atoms with Gasteiger partial charge in [0.1, 0.15) is 11.3 Å². The van der Waals surface area contributed by atoms with Crippen LogP contribution in [0.2, 0.25) is 0 Å². The van der Waals surface area contributed by atoms with E-state index in [0.29, 0.717) is 31.6 Å². The fraction of sp³-hybridized carbons (Fsp3) is 0.364. The van der Waals surface area contributed by atoms with Gasteiger partial charge in [0, 0.05) is 30.9 Å². The van der Waals surface area contributed by atoms with Crippen LogP contribution < -0.4 is 15.4 Å². The topological polar surface area (TPSA) is 114 Å². The van der Waals surface area contributed by atoms with Gasteiger partial charge >= 0.3 is 6.18 Å². The molecule has 0 aromatic heterocycles. The van der Waals surface area contributed by atoms with Gasteiger partial charge in [0.15, 0.2) is 6.61 Å². The number of halogens is 3. The van der Waals surface area contributed by atoms with Crippen LogP contribution in [-0.2, 0) is 4.79 Å². The second kappa shape index (κ2) is 11.0. The Kier molecular flexibility index (Phi) is 8.05. The van der Waals surface area contributed by atoms with Crippen molar-refractivity contribution in [3.63, 3.8) is 0 Å². The van der Waals surface area contributed by atoms with Crippen LogP contribution in [0.25, 0.3) is 0 Å². The van der Waals surface area contributed by atoms with Crippen molar-refractivity contribution in [2.45, 2.75) is 25.1 Å². The number of piperidine rings is 1. The molecule has 3 rings (SSSR count). The van der Waals surface area contributed by atoms with Crippen LogP contribution in [-0.4, -0.2) is 60.1 Å². The number of carbonyl (C=O) groups excluding carboxylic acids is 2. The zero-order chi connectivity index (χ0) is 24.7. The zero-order valence-corrected chi connectivity index (χ0v) is 18.0. The lowest BCUT2D eigenvalue weighted by Gasteiger charge is -2.31. The third-order valence-electron chi connectivity index (χ3n) is 5.16. The van der Waals surface area contributed by atoms with Gasteiger partial charge in [-0.25, -0.2) is 0 Å². The summed E-state index contributed by atoms with van der Waals surface area (Å²) in [4.78, 5) is 37.3. The number of nitrogens with zero attached hydrogens (tertiary/aromatic N) is 2. The van der Waals surface area contributed by atoms with Gasteiger partial charge in [-0.2, -0.15) is 13.2 Å². The summed E-state index contributed by atoms with van der Waals surface area (Å²) in [5.41, 5.74) is -0.223. The van der Waals surface area contributed by atoms with Gasteiger partial charge < -0.3 is 15.4 Å². The van der Waals surface area contributed by atoms with E-state index in [1.165, 1.54) is 0 Å². The maximum atomic E-state index is 12.7. The molecule has 0 atom stereocenters. The van der Waals surface area contributed by atoms with E-state index in [2.05, 4.69) is 15.4 Å². The summed E-state index contributed by atoms with van der Waals surface area (Å²) >= 11 is 0. The van der Waals surface area contributed by atoms with Crippen LogP contribution in [0.4, 0.5) is 24.5 Å². The average Bonchev–Trinajstić information content (AvgIpc) is 2.79. The molecule has 1 fully saturated rings. The standard InChI is InChI=1S/C22H23F3N4O5/c23-22(24,25)14-34-17-6-7-19(29(32)33)18(12-17)21(31)27-16-8-10-28(11-9-16)13-20(30)26-15-4-2-1-3-5-15/h1-7,12,16H,8-11,13-14H2,(H,26,30)(H,27,31). The minimum Gasteiger partial charge on any atom is -0.484 e. The Morgan fingerprint density at radius 3 is 2.41 bits per heavy atom. The van der Waals surface area contributed by atoms with E-state index in [1.807, 2.05) is 23.1 Å². The number of carbonyl (C=O) groups is 2. The summed E-state index contributed by atoms with van der Waals surface area (Å²) < 4.78 is 41.8. The number of nitro benzene ring substituents is 1. The Balaban J connectivity index is 1.54. The van der Waals surface area contributed by atoms with E-state index in [-0.39, 0.29) is 29.8 Å². The van der Waals surface area contributed by atoms with Gasteiger partial charge in [-0.1, -0.05) is 18.2 Å². The number of ether oxygens (including phenoxy) is 1. The lowest BCUT2D eigenvalue weighted by molar-refractivity contribution is -0.385. The van der Waals surface area contributed by atoms with Crippen molar-refractivity contribution in [1.82, 2.24) is 10.2 Å². The first kappa shape index (κ1) is 25.0. The van der Waals surface area contributed by atoms with Crippen molar-refractivity contribution in [1.29, 1.82) is 0 Å². The van der Waals surface area contributed by atoms with Gasteiger partial charge in [-0.05, 0) is 37.1 Å². The van der Waals surface area contributed by atoms with Crippen molar-refractivity contribution in [2.75, 3.05) is 31.6 Å². The molecule has 2 aromatic rings. The molecular formula is C22H23F3N4O5. The second-order valence-corrected chi connectivity index (χ2v) is 7.78. The molecule has 1 aliphatic rings. The number of hydrogen-bond acceptors (Lipinski definition) is 6. The van der Waals surface area contributed by atoms with Crippen LogP contribution in [0, 0.1) is 10.1 Å². The molecule has 0 aliphatic carbocycles. The van der Waals surface area contributed by atoms with Crippen LogP contribution in [0.15, 0.2) is 48.5 Å². The zero-order valence-electron chi connectivity index (χ0n) is 18.0. The highest BCUT2D eigenvalue weighted by molar-refractivity contribution is 5.98. The van der Waals surface area contributed by atoms with Crippen LogP contribution in [0.5, 0.6) is 5.75 Å². The molecule has 2 aromatic carbocycles. The molecule has 182 valence electrons. The lowest BCUT2D eigenvalue weighted by Crippen LogP contribution is -2.46. The summed E-state index contributed by atoms with van der Waals surface area (Å²) in [5, 5.41) is 16.8. The molecule has 1 saturated heterocycles. The monoisotopic (exact) mass is 480 g/mol. The van der Waals surface area contributed by atoms with Crippen molar-refractivity contribution in [3.8, 4) is 5.75 Å². The molecule has 0 spiro atoms. The first-order chi connectivity index (χ1) is 16.1. The molecular weight excluding hydrogens is 457 g/mol. The number of nitro groups is 1. The first-order valence-corrected chi connectivity index (χ1v) is 10.5. The van der Waals surface area contributed by atoms with E-state index >= 15 is 0 Å². The molecule has 12 heteroatoms. The fourth-order valence-corrected chi connectivity index (χ4v) is 3.53. The summed E-state index contributed by atoms with van der Waals surface area (Å²) in [6.45, 7) is -0.365. The van der Waals surface area contributed by atoms with Crippen LogP contribution in [0.1, 0.15) is 23.2 Å². The Morgan fingerprint density at radius 2 is 1.79 bits per heavy atom. The minimum absolute atomic E-state index is 0.167. The summed E-state index contributed by atoms with van der Waals surface area (Å²) in [6.07, 6.45) is -3.58. The van der Waals surface area contributed by atoms with Crippen molar-refractivity contribution in [3.05, 3.63) is 64.2 Å². The first-order valence-electron chi connectivity index (χ1n) is 10.5. The van der Waals surface area contributed by atoms with E-state index < -0.39 is 29.3 Å². The van der Waals surface area contributed by atoms with Crippen molar-refractivity contribution >= 4 is 23.2 Å². The number of likely N-dealkylation sites (tertiary alicyclic amines) is 1. The number of para-hydroxylation sites is 1. The largest absolute Gasteiger partial charge is 0.484 e. The highest BCUT2D eigenvalue weighted by Crippen LogP contribution is 2.26. The SMILES string of the molecule is O=C(CN1CCC(NC(=O)c2cc(OCC(F)(F)F)ccc2[N+](=O)[O-])CC1)Nc1ccccc1. The number of alkyl halides is 3. The number of rotatable bonds is 8. The quantitative estimate of drug-likeness (QED) is 0.443. The maximum Gasteiger partial charge on any atom is 0.422 e. The summed E-state index contributed by atoms with van der Waals surface area (Å²) in [6, 6.07) is 11.6. The Labute approximate surface area is 193 Å². The average molecular weight is 480 g/mol. The van der Waals surface area contributed by atoms with Crippen LogP contribution >= 0.6 is 0 Å². The molecule has 2 amide bonds. The number of anilines is 1. The molecule has 0 saturated carbocycles. The Morgan fingerprint density at radius 1 is 1.12 bits per heavy atom. The van der Waals surface area contributed by atoms with Crippen LogP contribution in [0.3, 0.4) is 0 Å². The number of amides is 2. The maximum absolute atomic E-state index is 12.7. The summed E-state index contributed by atoms with van der Waals surface area (Å²) in [5.74, 6) is -1.24. The number of nitrogens with one attached hydrogen (secondary N) is 2. The molecule has 0 unspecified atom stereocenters. The van der Waals surface area contributed by atoms with Gasteiger partial charge in [-0.15, -0.1) is 0 Å². The highest BCUT2D eigenvalue weighted by atomic mass is 19.4.